The molecule has 26 heavy (non-hydrogen) atoms. The summed E-state index contributed by atoms with van der Waals surface area (Å²) in [7, 11) is -0.0632. The monoisotopic (exact) mass is 367 g/mol. The lowest BCUT2D eigenvalue weighted by atomic mass is 9.99. The summed E-state index contributed by atoms with van der Waals surface area (Å²) in [6, 6.07) is 14.0. The summed E-state index contributed by atoms with van der Waals surface area (Å²) in [5.41, 5.74) is 6.14. The van der Waals surface area contributed by atoms with Crippen molar-refractivity contribution in [2.24, 2.45) is 0 Å². The van der Waals surface area contributed by atoms with Crippen LogP contribution in [0.1, 0.15) is 75.6 Å². The van der Waals surface area contributed by atoms with E-state index in [1.165, 1.54) is 81.3 Å². The highest BCUT2D eigenvalue weighted by atomic mass is 31.1. The second-order valence-corrected chi connectivity index (χ2v) is 11.2. The lowest BCUT2D eigenvalue weighted by Gasteiger charge is -2.39. The van der Waals surface area contributed by atoms with E-state index in [0.29, 0.717) is 0 Å². The molecule has 0 atom stereocenters. The zero-order chi connectivity index (χ0) is 17.9. The fraction of sp³-hybridized carbons (Fsp3) is 0.583. The molecule has 4 rings (SSSR count). The van der Waals surface area contributed by atoms with Crippen LogP contribution in [-0.2, 0) is 0 Å². The van der Waals surface area contributed by atoms with Crippen LogP contribution in [0.4, 0.5) is 0 Å². The third kappa shape index (κ3) is 3.65. The van der Waals surface area contributed by atoms with E-state index in [2.05, 4.69) is 54.8 Å². The highest BCUT2D eigenvalue weighted by Gasteiger charge is 2.33. The van der Waals surface area contributed by atoms with Crippen LogP contribution < -0.4 is 5.30 Å². The molecule has 2 saturated carbocycles. The van der Waals surface area contributed by atoms with Crippen LogP contribution in [-0.4, -0.2) is 15.9 Å². The van der Waals surface area contributed by atoms with Crippen molar-refractivity contribution in [1.29, 1.82) is 0 Å². The van der Waals surface area contributed by atoms with Crippen molar-refractivity contribution in [3.63, 3.8) is 0 Å². The highest BCUT2D eigenvalue weighted by Crippen LogP contribution is 2.55. The summed E-state index contributed by atoms with van der Waals surface area (Å²) in [5.74, 6) is 0. The molecular weight excluding hydrogens is 333 g/mol. The first-order valence-corrected chi connectivity index (χ1v) is 12.3. The third-order valence-corrected chi connectivity index (χ3v) is 10.1. The van der Waals surface area contributed by atoms with E-state index in [-0.39, 0.29) is 7.92 Å². The molecule has 2 aliphatic carbocycles. The van der Waals surface area contributed by atoms with Gasteiger partial charge in [-0.1, -0.05) is 64.6 Å². The largest absolute Gasteiger partial charge is 0.318 e. The molecule has 0 radical (unpaired) electrons. The minimum atomic E-state index is -0.0632. The van der Waals surface area contributed by atoms with Crippen LogP contribution in [0.5, 0.6) is 0 Å². The molecule has 2 fully saturated rings. The molecule has 2 heteroatoms. The summed E-state index contributed by atoms with van der Waals surface area (Å²) in [4.78, 5) is 0. The smallest absolute Gasteiger partial charge is 0.0531 e. The second kappa shape index (κ2) is 8.30. The van der Waals surface area contributed by atoms with Crippen LogP contribution in [0.2, 0.25) is 0 Å². The van der Waals surface area contributed by atoms with Crippen molar-refractivity contribution < 1.29 is 0 Å². The first kappa shape index (κ1) is 18.3. The van der Waals surface area contributed by atoms with Gasteiger partial charge in [-0.25, -0.2) is 0 Å². The van der Waals surface area contributed by atoms with Gasteiger partial charge in [0, 0.05) is 16.7 Å². The Morgan fingerprint density at radius 1 is 0.692 bits per heavy atom. The maximum Gasteiger partial charge on any atom is 0.0531 e. The predicted octanol–water partition coefficient (Wildman–Crippen LogP) is 6.87. The summed E-state index contributed by atoms with van der Waals surface area (Å²) < 4.78 is 2.51. The minimum absolute atomic E-state index is 0.0632. The van der Waals surface area contributed by atoms with Gasteiger partial charge >= 0.3 is 0 Å². The summed E-state index contributed by atoms with van der Waals surface area (Å²) in [6.45, 7) is 4.51. The van der Waals surface area contributed by atoms with Crippen LogP contribution in [0.3, 0.4) is 0 Å². The van der Waals surface area contributed by atoms with Gasteiger partial charge in [0.1, 0.15) is 0 Å². The van der Waals surface area contributed by atoms with Gasteiger partial charge in [-0.05, 0) is 69.0 Å². The Labute approximate surface area is 161 Å². The maximum absolute atomic E-state index is 2.51. The van der Waals surface area contributed by atoms with E-state index in [0.717, 1.165) is 11.3 Å². The van der Waals surface area contributed by atoms with Gasteiger partial charge in [0.2, 0.25) is 0 Å². The van der Waals surface area contributed by atoms with Crippen molar-refractivity contribution in [1.82, 2.24) is 4.57 Å². The van der Waals surface area contributed by atoms with E-state index in [9.17, 15) is 0 Å². The number of hydrogen-bond acceptors (Lipinski definition) is 0. The normalized spacial score (nSPS) is 20.0. The third-order valence-electron chi connectivity index (χ3n) is 6.61. The highest BCUT2D eigenvalue weighted by molar-refractivity contribution is 7.67. The maximum atomic E-state index is 2.51. The molecule has 1 aromatic heterocycles. The van der Waals surface area contributed by atoms with E-state index < -0.39 is 0 Å². The first-order valence-electron chi connectivity index (χ1n) is 10.8. The zero-order valence-corrected chi connectivity index (χ0v) is 17.5. The molecule has 0 amide bonds. The Hall–Kier alpha value is -1.07. The number of benzene rings is 1. The van der Waals surface area contributed by atoms with Gasteiger partial charge in [-0.2, -0.15) is 0 Å². The summed E-state index contributed by atoms with van der Waals surface area (Å²) in [6.07, 6.45) is 14.6. The fourth-order valence-corrected chi connectivity index (χ4v) is 9.25. The molecule has 0 saturated heterocycles. The van der Waals surface area contributed by atoms with E-state index in [4.69, 9.17) is 0 Å². The molecule has 2 aromatic rings. The Morgan fingerprint density at radius 2 is 1.19 bits per heavy atom. The van der Waals surface area contributed by atoms with Gasteiger partial charge < -0.3 is 4.57 Å². The summed E-state index contributed by atoms with van der Waals surface area (Å²) in [5, 5.41) is 1.70. The Bertz CT molecular complexity index is 682. The fourth-order valence-electron chi connectivity index (χ4n) is 5.33. The van der Waals surface area contributed by atoms with Crippen LogP contribution in [0.25, 0.3) is 5.69 Å². The average molecular weight is 368 g/mol. The van der Waals surface area contributed by atoms with Crippen molar-refractivity contribution in [3.05, 3.63) is 47.8 Å². The molecule has 2 aliphatic rings. The Morgan fingerprint density at radius 3 is 1.73 bits per heavy atom. The van der Waals surface area contributed by atoms with Crippen molar-refractivity contribution in [3.8, 4) is 5.69 Å². The number of rotatable bonds is 4. The molecule has 1 aromatic carbocycles. The van der Waals surface area contributed by atoms with Crippen LogP contribution >= 0.6 is 7.92 Å². The molecular formula is C24H34NP. The van der Waals surface area contributed by atoms with Crippen LogP contribution in [0, 0.1) is 13.8 Å². The zero-order valence-electron chi connectivity index (χ0n) is 16.6. The SMILES string of the molecule is Cc1ccc(C)n1-c1ccccc1P(C1CCCCC1)C1CCCCC1. The molecule has 0 N–H and O–H groups in total. The van der Waals surface area contributed by atoms with Crippen LogP contribution in [0.15, 0.2) is 36.4 Å². The molecule has 0 bridgehead atoms. The Balaban J connectivity index is 1.78. The predicted molar refractivity (Wildman–Crippen MR) is 116 cm³/mol. The standard InChI is InChI=1S/C24H34NP/c1-19-17-18-20(2)25(19)23-15-9-10-16-24(23)26(21-11-5-3-6-12-21)22-13-7-4-8-14-22/h9-10,15-18,21-22H,3-8,11-14H2,1-2H3. The lowest BCUT2D eigenvalue weighted by Crippen LogP contribution is -2.28. The number of hydrogen-bond donors (Lipinski definition) is 0. The number of aryl methyl sites for hydroxylation is 2. The molecule has 1 heterocycles. The molecule has 0 aliphatic heterocycles. The topological polar surface area (TPSA) is 4.93 Å². The van der Waals surface area contributed by atoms with E-state index >= 15 is 0 Å². The van der Waals surface area contributed by atoms with Gasteiger partial charge in [0.15, 0.2) is 0 Å². The number of aromatic nitrogens is 1. The van der Waals surface area contributed by atoms with E-state index in [1.807, 2.05) is 0 Å². The van der Waals surface area contributed by atoms with Gasteiger partial charge in [0.25, 0.3) is 0 Å². The Kier molecular flexibility index (Phi) is 5.84. The van der Waals surface area contributed by atoms with Crippen molar-refractivity contribution >= 4 is 13.2 Å². The van der Waals surface area contributed by atoms with Gasteiger partial charge in [-0.3, -0.25) is 0 Å². The first-order chi connectivity index (χ1) is 12.8. The van der Waals surface area contributed by atoms with E-state index in [1.54, 1.807) is 5.30 Å². The molecule has 0 unspecified atom stereocenters. The van der Waals surface area contributed by atoms with Crippen molar-refractivity contribution in [2.45, 2.75) is 89.4 Å². The quantitative estimate of drug-likeness (QED) is 0.520. The lowest BCUT2D eigenvalue weighted by molar-refractivity contribution is 0.487. The second-order valence-electron chi connectivity index (χ2n) is 8.43. The number of para-hydroxylation sites is 1. The average Bonchev–Trinajstić information content (AvgIpc) is 3.02. The minimum Gasteiger partial charge on any atom is -0.318 e. The van der Waals surface area contributed by atoms with Gasteiger partial charge in [-0.15, -0.1) is 0 Å². The molecule has 1 nitrogen and oxygen atoms in total. The number of nitrogens with zero attached hydrogens (tertiary/aromatic N) is 1. The summed E-state index contributed by atoms with van der Waals surface area (Å²) >= 11 is 0. The molecule has 140 valence electrons. The molecule has 0 spiro atoms. The van der Waals surface area contributed by atoms with Crippen molar-refractivity contribution in [2.75, 3.05) is 0 Å². The van der Waals surface area contributed by atoms with Gasteiger partial charge in [0.05, 0.1) is 5.69 Å².